The Balaban J connectivity index is 1.90. The summed E-state index contributed by atoms with van der Waals surface area (Å²) in [7, 11) is 0. The highest BCUT2D eigenvalue weighted by Crippen LogP contribution is 2.14. The fourth-order valence-corrected chi connectivity index (χ4v) is 2.03. The number of benzene rings is 2. The number of nitrogens with one attached hydrogen (secondary N) is 1. The highest BCUT2D eigenvalue weighted by molar-refractivity contribution is 6.30. The minimum absolute atomic E-state index is 0.00879. The van der Waals surface area contributed by atoms with E-state index < -0.39 is 11.7 Å². The maximum atomic E-state index is 13.5. The van der Waals surface area contributed by atoms with Crippen LogP contribution >= 0.6 is 23.2 Å². The lowest BCUT2D eigenvalue weighted by Crippen LogP contribution is -2.26. The van der Waals surface area contributed by atoms with Crippen molar-refractivity contribution >= 4 is 29.1 Å². The monoisotopic (exact) mass is 311 g/mol. The summed E-state index contributed by atoms with van der Waals surface area (Å²) >= 11 is 11.4. The first-order chi connectivity index (χ1) is 9.56. The molecule has 2 rings (SSSR count). The second kappa shape index (κ2) is 6.73. The van der Waals surface area contributed by atoms with Gasteiger partial charge in [-0.2, -0.15) is 0 Å². The van der Waals surface area contributed by atoms with E-state index in [-0.39, 0.29) is 10.6 Å². The molecule has 1 N–H and O–H groups in total. The molecule has 20 heavy (non-hydrogen) atoms. The van der Waals surface area contributed by atoms with Gasteiger partial charge in [0, 0.05) is 16.6 Å². The van der Waals surface area contributed by atoms with Gasteiger partial charge in [-0.1, -0.05) is 35.3 Å². The molecule has 0 fully saturated rings. The van der Waals surface area contributed by atoms with E-state index in [9.17, 15) is 9.18 Å². The summed E-state index contributed by atoms with van der Waals surface area (Å²) in [6, 6.07) is 11.3. The first kappa shape index (κ1) is 14.8. The van der Waals surface area contributed by atoms with Crippen LogP contribution < -0.4 is 5.32 Å². The third kappa shape index (κ3) is 3.95. The van der Waals surface area contributed by atoms with Gasteiger partial charge in [-0.05, 0) is 42.3 Å². The second-order valence-electron chi connectivity index (χ2n) is 4.26. The van der Waals surface area contributed by atoms with Crippen molar-refractivity contribution in [3.63, 3.8) is 0 Å². The van der Waals surface area contributed by atoms with Gasteiger partial charge >= 0.3 is 0 Å². The molecule has 5 heteroatoms. The third-order valence-electron chi connectivity index (χ3n) is 2.79. The maximum Gasteiger partial charge on any atom is 0.254 e. The van der Waals surface area contributed by atoms with E-state index in [1.165, 1.54) is 12.1 Å². The van der Waals surface area contributed by atoms with Crippen LogP contribution in [0.25, 0.3) is 0 Å². The van der Waals surface area contributed by atoms with Gasteiger partial charge in [0.15, 0.2) is 0 Å². The van der Waals surface area contributed by atoms with E-state index in [2.05, 4.69) is 5.32 Å². The van der Waals surface area contributed by atoms with Crippen molar-refractivity contribution in [1.82, 2.24) is 5.32 Å². The summed E-state index contributed by atoms with van der Waals surface area (Å²) < 4.78 is 13.5. The topological polar surface area (TPSA) is 29.1 Å². The lowest BCUT2D eigenvalue weighted by molar-refractivity contribution is 0.0950. The van der Waals surface area contributed by atoms with Crippen molar-refractivity contribution in [2.45, 2.75) is 6.42 Å². The van der Waals surface area contributed by atoms with Gasteiger partial charge in [-0.15, -0.1) is 0 Å². The molecule has 104 valence electrons. The smallest absolute Gasteiger partial charge is 0.254 e. The molecule has 0 saturated carbocycles. The number of rotatable bonds is 4. The van der Waals surface area contributed by atoms with Crippen LogP contribution in [0.2, 0.25) is 10.0 Å². The van der Waals surface area contributed by atoms with E-state index in [1.807, 2.05) is 12.1 Å². The zero-order valence-electron chi connectivity index (χ0n) is 10.5. The normalized spacial score (nSPS) is 10.3. The van der Waals surface area contributed by atoms with E-state index >= 15 is 0 Å². The minimum atomic E-state index is -0.624. The van der Waals surface area contributed by atoms with Crippen LogP contribution in [0.3, 0.4) is 0 Å². The summed E-state index contributed by atoms with van der Waals surface area (Å²) in [5, 5.41) is 3.60. The van der Waals surface area contributed by atoms with Crippen molar-refractivity contribution in [3.8, 4) is 0 Å². The van der Waals surface area contributed by atoms with Gasteiger partial charge in [0.2, 0.25) is 0 Å². The Kier molecular flexibility index (Phi) is 4.99. The van der Waals surface area contributed by atoms with Crippen LogP contribution in [0.15, 0.2) is 42.5 Å². The quantitative estimate of drug-likeness (QED) is 0.904. The number of hydrogen-bond acceptors (Lipinski definition) is 1. The number of amides is 1. The molecule has 0 aliphatic heterocycles. The Morgan fingerprint density at radius 1 is 1.05 bits per heavy atom. The van der Waals surface area contributed by atoms with E-state index in [4.69, 9.17) is 23.2 Å². The Morgan fingerprint density at radius 2 is 1.70 bits per heavy atom. The molecule has 0 spiro atoms. The van der Waals surface area contributed by atoms with Gasteiger partial charge in [0.25, 0.3) is 5.91 Å². The Hall–Kier alpha value is -1.58. The molecular weight excluding hydrogens is 300 g/mol. The van der Waals surface area contributed by atoms with E-state index in [0.29, 0.717) is 18.0 Å². The highest BCUT2D eigenvalue weighted by atomic mass is 35.5. The number of carbonyl (C=O) groups is 1. The lowest BCUT2D eigenvalue weighted by atomic mass is 10.1. The second-order valence-corrected chi connectivity index (χ2v) is 5.13. The Morgan fingerprint density at radius 3 is 2.35 bits per heavy atom. The fourth-order valence-electron chi connectivity index (χ4n) is 1.74. The van der Waals surface area contributed by atoms with Gasteiger partial charge in [0.1, 0.15) is 5.82 Å². The maximum absolute atomic E-state index is 13.5. The molecule has 0 heterocycles. The molecule has 0 saturated heterocycles. The van der Waals surface area contributed by atoms with Crippen molar-refractivity contribution in [2.24, 2.45) is 0 Å². The first-order valence-electron chi connectivity index (χ1n) is 6.04. The summed E-state index contributed by atoms with van der Waals surface area (Å²) in [5.74, 6) is -1.07. The van der Waals surface area contributed by atoms with Gasteiger partial charge < -0.3 is 5.32 Å². The summed E-state index contributed by atoms with van der Waals surface area (Å²) in [6.45, 7) is 0.419. The molecule has 2 aromatic carbocycles. The van der Waals surface area contributed by atoms with Crippen molar-refractivity contribution in [3.05, 3.63) is 69.5 Å². The van der Waals surface area contributed by atoms with Crippen molar-refractivity contribution in [2.75, 3.05) is 6.54 Å². The van der Waals surface area contributed by atoms with E-state index in [0.717, 1.165) is 11.6 Å². The largest absolute Gasteiger partial charge is 0.352 e. The summed E-state index contributed by atoms with van der Waals surface area (Å²) in [4.78, 5) is 11.8. The van der Waals surface area contributed by atoms with Crippen LogP contribution in [-0.4, -0.2) is 12.5 Å². The van der Waals surface area contributed by atoms with Crippen LogP contribution in [0, 0.1) is 5.82 Å². The molecule has 0 bridgehead atoms. The number of halogens is 3. The zero-order chi connectivity index (χ0) is 14.5. The van der Waals surface area contributed by atoms with Crippen LogP contribution in [0.5, 0.6) is 0 Å². The molecular formula is C15H12Cl2FNO. The highest BCUT2D eigenvalue weighted by Gasteiger charge is 2.11. The molecule has 0 aromatic heterocycles. The van der Waals surface area contributed by atoms with Crippen molar-refractivity contribution in [1.29, 1.82) is 0 Å². The van der Waals surface area contributed by atoms with Crippen LogP contribution in [-0.2, 0) is 6.42 Å². The van der Waals surface area contributed by atoms with Crippen molar-refractivity contribution < 1.29 is 9.18 Å². The third-order valence-corrected chi connectivity index (χ3v) is 3.28. The molecule has 0 aliphatic carbocycles. The van der Waals surface area contributed by atoms with Crippen LogP contribution in [0.4, 0.5) is 4.39 Å². The Bertz CT molecular complexity index is 614. The SMILES string of the molecule is O=C(NCCc1ccc(Cl)cc1)c1ccc(Cl)cc1F. The predicted octanol–water partition coefficient (Wildman–Crippen LogP) is 4.11. The lowest BCUT2D eigenvalue weighted by Gasteiger charge is -2.06. The molecule has 0 aliphatic rings. The number of hydrogen-bond donors (Lipinski definition) is 1. The van der Waals surface area contributed by atoms with Gasteiger partial charge in [-0.3, -0.25) is 4.79 Å². The van der Waals surface area contributed by atoms with Gasteiger partial charge in [0.05, 0.1) is 5.56 Å². The molecule has 2 aromatic rings. The fraction of sp³-hybridized carbons (Fsp3) is 0.133. The summed E-state index contributed by atoms with van der Waals surface area (Å²) in [5.41, 5.74) is 1.04. The standard InChI is InChI=1S/C15H12Cl2FNO/c16-11-3-1-10(2-4-11)7-8-19-15(20)13-6-5-12(17)9-14(13)18/h1-6,9H,7-8H2,(H,19,20). The molecule has 0 unspecified atom stereocenters. The Labute approximate surface area is 126 Å². The average Bonchev–Trinajstić information content (AvgIpc) is 2.41. The average molecular weight is 312 g/mol. The molecule has 2 nitrogen and oxygen atoms in total. The minimum Gasteiger partial charge on any atom is -0.352 e. The summed E-state index contributed by atoms with van der Waals surface area (Å²) in [6.07, 6.45) is 0.651. The first-order valence-corrected chi connectivity index (χ1v) is 6.79. The number of carbonyl (C=O) groups excluding carboxylic acids is 1. The van der Waals surface area contributed by atoms with Crippen LogP contribution in [0.1, 0.15) is 15.9 Å². The molecule has 1 amide bonds. The molecule has 0 radical (unpaired) electrons. The van der Waals surface area contributed by atoms with Gasteiger partial charge in [-0.25, -0.2) is 4.39 Å². The molecule has 0 atom stereocenters. The zero-order valence-corrected chi connectivity index (χ0v) is 12.0. The van der Waals surface area contributed by atoms with E-state index in [1.54, 1.807) is 12.1 Å². The predicted molar refractivity (Wildman–Crippen MR) is 78.9 cm³/mol.